The Morgan fingerprint density at radius 3 is 2.58 bits per heavy atom. The molecular formula is C16H21Cl2N3O4S. The monoisotopic (exact) mass is 421 g/mol. The van der Waals surface area contributed by atoms with E-state index in [-0.39, 0.29) is 25.1 Å². The Morgan fingerprint density at radius 1 is 1.35 bits per heavy atom. The fraction of sp³-hybridized carbons (Fsp3) is 0.438. The number of carbonyl (C=O) groups excluding carboxylic acids is 1. The summed E-state index contributed by atoms with van der Waals surface area (Å²) >= 11 is 12.1. The van der Waals surface area contributed by atoms with Crippen molar-refractivity contribution < 1.29 is 17.9 Å². The van der Waals surface area contributed by atoms with Gasteiger partial charge in [0.1, 0.15) is 5.75 Å². The van der Waals surface area contributed by atoms with Gasteiger partial charge in [-0.1, -0.05) is 29.8 Å². The third-order valence-electron chi connectivity index (χ3n) is 4.07. The Balaban J connectivity index is 1.87. The molecule has 3 N–H and O–H groups in total. The van der Waals surface area contributed by atoms with E-state index < -0.39 is 10.0 Å². The molecule has 0 aliphatic carbocycles. The average molecular weight is 422 g/mol. The van der Waals surface area contributed by atoms with E-state index in [1.807, 2.05) is 0 Å². The Morgan fingerprint density at radius 2 is 2.00 bits per heavy atom. The first kappa shape index (κ1) is 21.0. The van der Waals surface area contributed by atoms with Crippen molar-refractivity contribution in [2.24, 2.45) is 5.73 Å². The van der Waals surface area contributed by atoms with Crippen molar-refractivity contribution in [3.8, 4) is 5.75 Å². The number of likely N-dealkylation sites (tertiary alicyclic amines) is 1. The summed E-state index contributed by atoms with van der Waals surface area (Å²) in [5.74, 6) is 0.147. The predicted octanol–water partition coefficient (Wildman–Crippen LogP) is 1.88. The van der Waals surface area contributed by atoms with Crippen LogP contribution >= 0.6 is 23.2 Å². The topological polar surface area (TPSA) is 102 Å². The fourth-order valence-electron chi connectivity index (χ4n) is 2.60. The third-order valence-corrected chi connectivity index (χ3v) is 5.82. The molecule has 1 heterocycles. The lowest BCUT2D eigenvalue weighted by atomic mass is 10.1. The highest BCUT2D eigenvalue weighted by molar-refractivity contribution is 7.92. The van der Waals surface area contributed by atoms with Crippen LogP contribution in [0.2, 0.25) is 10.0 Å². The van der Waals surface area contributed by atoms with E-state index >= 15 is 0 Å². The number of hydrogen-bond donors (Lipinski definition) is 2. The van der Waals surface area contributed by atoms with Crippen LogP contribution in [-0.4, -0.2) is 45.0 Å². The number of nitrogens with zero attached hydrogens (tertiary/aromatic N) is 1. The second kappa shape index (κ2) is 9.05. The summed E-state index contributed by atoms with van der Waals surface area (Å²) in [6.07, 6.45) is 1.05. The van der Waals surface area contributed by atoms with E-state index in [0.29, 0.717) is 47.3 Å². The van der Waals surface area contributed by atoms with Gasteiger partial charge in [0.2, 0.25) is 10.0 Å². The molecule has 0 bridgehead atoms. The van der Waals surface area contributed by atoms with Crippen molar-refractivity contribution in [2.45, 2.75) is 25.4 Å². The summed E-state index contributed by atoms with van der Waals surface area (Å²) in [7, 11) is -3.47. The van der Waals surface area contributed by atoms with Crippen molar-refractivity contribution >= 4 is 39.1 Å². The smallest absolute Gasteiger partial charge is 0.260 e. The molecule has 1 amide bonds. The molecule has 0 radical (unpaired) electrons. The molecule has 0 spiro atoms. The molecule has 1 saturated heterocycles. The molecule has 1 aromatic carbocycles. The molecule has 0 aromatic heterocycles. The van der Waals surface area contributed by atoms with Crippen molar-refractivity contribution in [1.82, 2.24) is 9.62 Å². The van der Waals surface area contributed by atoms with Gasteiger partial charge in [-0.15, -0.1) is 0 Å². The minimum atomic E-state index is -3.47. The molecular weight excluding hydrogens is 401 g/mol. The standard InChI is InChI=1S/C16H21Cl2N3O4S/c1-2-26(23,24)20-12-3-5-21(6-4-12)16(22)10-25-15-7-11(9-19)13(17)8-14(15)18/h2,7-8,12,20H,1,3-6,9-10,19H2. The highest BCUT2D eigenvalue weighted by Gasteiger charge is 2.25. The molecule has 1 fully saturated rings. The van der Waals surface area contributed by atoms with Crippen LogP contribution in [0.4, 0.5) is 0 Å². The number of nitrogens with two attached hydrogens (primary N) is 1. The van der Waals surface area contributed by atoms with E-state index in [9.17, 15) is 13.2 Å². The molecule has 1 aromatic rings. The maximum atomic E-state index is 12.3. The van der Waals surface area contributed by atoms with Gasteiger partial charge in [-0.3, -0.25) is 4.79 Å². The minimum Gasteiger partial charge on any atom is -0.482 e. The van der Waals surface area contributed by atoms with Gasteiger partial charge in [0.05, 0.1) is 5.02 Å². The van der Waals surface area contributed by atoms with Gasteiger partial charge in [0.25, 0.3) is 5.91 Å². The van der Waals surface area contributed by atoms with Crippen molar-refractivity contribution in [3.63, 3.8) is 0 Å². The number of sulfonamides is 1. The maximum Gasteiger partial charge on any atom is 0.260 e. The first-order chi connectivity index (χ1) is 12.3. The zero-order valence-electron chi connectivity index (χ0n) is 14.1. The molecule has 10 heteroatoms. The lowest BCUT2D eigenvalue weighted by Crippen LogP contribution is -2.47. The molecule has 1 aliphatic rings. The summed E-state index contributed by atoms with van der Waals surface area (Å²) in [6, 6.07) is 2.94. The summed E-state index contributed by atoms with van der Waals surface area (Å²) in [5.41, 5.74) is 6.27. The van der Waals surface area contributed by atoms with E-state index in [0.717, 1.165) is 5.41 Å². The quantitative estimate of drug-likeness (QED) is 0.699. The lowest BCUT2D eigenvalue weighted by molar-refractivity contribution is -0.134. The zero-order chi connectivity index (χ0) is 19.3. The number of nitrogens with one attached hydrogen (secondary N) is 1. The second-order valence-corrected chi connectivity index (χ2v) is 8.32. The molecule has 0 atom stereocenters. The Hall–Kier alpha value is -1.32. The van der Waals surface area contributed by atoms with Gasteiger partial charge in [0.15, 0.2) is 6.61 Å². The van der Waals surface area contributed by atoms with Gasteiger partial charge in [-0.05, 0) is 30.5 Å². The molecule has 1 aliphatic heterocycles. The number of amides is 1. The van der Waals surface area contributed by atoms with Crippen molar-refractivity contribution in [3.05, 3.63) is 39.7 Å². The van der Waals surface area contributed by atoms with Crippen LogP contribution in [-0.2, 0) is 21.4 Å². The normalized spacial score (nSPS) is 15.7. The van der Waals surface area contributed by atoms with Gasteiger partial charge >= 0.3 is 0 Å². The Labute approximate surface area is 163 Å². The number of benzene rings is 1. The fourth-order valence-corrected chi connectivity index (χ4v) is 3.91. The van der Waals surface area contributed by atoms with E-state index in [2.05, 4.69) is 11.3 Å². The van der Waals surface area contributed by atoms with E-state index in [1.165, 1.54) is 6.07 Å². The van der Waals surface area contributed by atoms with E-state index in [1.54, 1.807) is 11.0 Å². The van der Waals surface area contributed by atoms with Crippen LogP contribution in [0.1, 0.15) is 18.4 Å². The van der Waals surface area contributed by atoms with Crippen LogP contribution in [0.15, 0.2) is 24.1 Å². The van der Waals surface area contributed by atoms with Crippen LogP contribution in [0.5, 0.6) is 5.75 Å². The number of hydrogen-bond acceptors (Lipinski definition) is 5. The van der Waals surface area contributed by atoms with Gasteiger partial charge in [-0.25, -0.2) is 13.1 Å². The maximum absolute atomic E-state index is 12.3. The van der Waals surface area contributed by atoms with E-state index in [4.69, 9.17) is 33.7 Å². The average Bonchev–Trinajstić information content (AvgIpc) is 2.61. The zero-order valence-corrected chi connectivity index (χ0v) is 16.4. The molecule has 0 unspecified atom stereocenters. The highest BCUT2D eigenvalue weighted by atomic mass is 35.5. The van der Waals surface area contributed by atoms with Crippen molar-refractivity contribution in [2.75, 3.05) is 19.7 Å². The number of halogens is 2. The summed E-state index contributed by atoms with van der Waals surface area (Å²) in [4.78, 5) is 13.9. The van der Waals surface area contributed by atoms with Gasteiger partial charge in [-0.2, -0.15) is 0 Å². The first-order valence-electron chi connectivity index (χ1n) is 7.99. The Bertz CT molecular complexity index is 778. The SMILES string of the molecule is C=CS(=O)(=O)NC1CCN(C(=O)COc2cc(CN)c(Cl)cc2Cl)CC1. The minimum absolute atomic E-state index is 0.172. The molecule has 2 rings (SSSR count). The summed E-state index contributed by atoms with van der Waals surface area (Å²) in [6.45, 7) is 4.20. The van der Waals surface area contributed by atoms with Crippen LogP contribution in [0.25, 0.3) is 0 Å². The highest BCUT2D eigenvalue weighted by Crippen LogP contribution is 2.31. The van der Waals surface area contributed by atoms with Gasteiger partial charge < -0.3 is 15.4 Å². The van der Waals surface area contributed by atoms with Crippen LogP contribution in [0, 0.1) is 0 Å². The summed E-state index contributed by atoms with van der Waals surface area (Å²) in [5, 5.41) is 1.63. The van der Waals surface area contributed by atoms with Crippen molar-refractivity contribution in [1.29, 1.82) is 0 Å². The number of rotatable bonds is 7. The third kappa shape index (κ3) is 5.59. The number of ether oxygens (including phenoxy) is 1. The molecule has 144 valence electrons. The molecule has 0 saturated carbocycles. The van der Waals surface area contributed by atoms with Crippen LogP contribution < -0.4 is 15.2 Å². The summed E-state index contributed by atoms with van der Waals surface area (Å²) < 4.78 is 31.0. The largest absolute Gasteiger partial charge is 0.482 e. The van der Waals surface area contributed by atoms with Gasteiger partial charge in [0, 0.05) is 36.1 Å². The molecule has 26 heavy (non-hydrogen) atoms. The molecule has 7 nitrogen and oxygen atoms in total. The second-order valence-electron chi connectivity index (χ2n) is 5.85. The first-order valence-corrected chi connectivity index (χ1v) is 10.3. The van der Waals surface area contributed by atoms with Crippen LogP contribution in [0.3, 0.4) is 0 Å². The number of carbonyl (C=O) groups is 1. The lowest BCUT2D eigenvalue weighted by Gasteiger charge is -2.32. The Kier molecular flexibility index (Phi) is 7.31. The predicted molar refractivity (Wildman–Crippen MR) is 102 cm³/mol. The number of piperidine rings is 1.